The number of amides is 2. The summed E-state index contributed by atoms with van der Waals surface area (Å²) < 4.78 is 51.5. The van der Waals surface area contributed by atoms with Crippen LogP contribution in [0.2, 0.25) is 0 Å². The van der Waals surface area contributed by atoms with E-state index in [1.807, 2.05) is 6.92 Å². The summed E-state index contributed by atoms with van der Waals surface area (Å²) in [6.45, 7) is 1.25. The Bertz CT molecular complexity index is 661. The summed E-state index contributed by atoms with van der Waals surface area (Å²) in [5.74, 6) is -1.76. The normalized spacial score (nSPS) is 17.5. The predicted octanol–water partition coefficient (Wildman–Crippen LogP) is 3.80. The number of carbonyl (C=O) groups excluding carboxylic acids is 2. The van der Waals surface area contributed by atoms with Crippen LogP contribution in [0.1, 0.15) is 38.2 Å². The predicted molar refractivity (Wildman–Crippen MR) is 97.0 cm³/mol. The van der Waals surface area contributed by atoms with E-state index >= 15 is 0 Å². The lowest BCUT2D eigenvalue weighted by molar-refractivity contribution is -0.165. The van der Waals surface area contributed by atoms with Crippen molar-refractivity contribution in [1.29, 1.82) is 0 Å². The number of halogens is 4. The Morgan fingerprint density at radius 2 is 1.89 bits per heavy atom. The van der Waals surface area contributed by atoms with E-state index in [4.69, 9.17) is 0 Å². The third-order valence-corrected chi connectivity index (χ3v) is 4.86. The second-order valence-corrected chi connectivity index (χ2v) is 7.21. The molecule has 0 radical (unpaired) electrons. The highest BCUT2D eigenvalue weighted by atomic mass is 19.4. The molecule has 1 atom stereocenters. The van der Waals surface area contributed by atoms with Crippen molar-refractivity contribution in [3.05, 3.63) is 35.6 Å². The third-order valence-electron chi connectivity index (χ3n) is 4.86. The molecule has 0 aliphatic carbocycles. The number of piperidine rings is 1. The van der Waals surface area contributed by atoms with E-state index in [0.717, 1.165) is 4.90 Å². The summed E-state index contributed by atoms with van der Waals surface area (Å²) in [4.78, 5) is 27.6. The van der Waals surface area contributed by atoms with E-state index in [1.54, 1.807) is 0 Å². The summed E-state index contributed by atoms with van der Waals surface area (Å²) in [6, 6.07) is 5.59. The van der Waals surface area contributed by atoms with Gasteiger partial charge >= 0.3 is 6.18 Å². The van der Waals surface area contributed by atoms with Gasteiger partial charge in [-0.25, -0.2) is 4.39 Å². The highest BCUT2D eigenvalue weighted by Gasteiger charge is 2.37. The Labute approximate surface area is 162 Å². The van der Waals surface area contributed by atoms with Crippen molar-refractivity contribution in [1.82, 2.24) is 9.80 Å². The van der Waals surface area contributed by atoms with E-state index in [0.29, 0.717) is 37.8 Å². The van der Waals surface area contributed by atoms with Crippen LogP contribution in [0.3, 0.4) is 0 Å². The van der Waals surface area contributed by atoms with Crippen LogP contribution in [-0.4, -0.2) is 54.0 Å². The Kier molecular flexibility index (Phi) is 7.83. The summed E-state index contributed by atoms with van der Waals surface area (Å²) >= 11 is 0. The minimum absolute atomic E-state index is 0.0644. The van der Waals surface area contributed by atoms with Crippen molar-refractivity contribution in [3.63, 3.8) is 0 Å². The summed E-state index contributed by atoms with van der Waals surface area (Å²) in [5, 5.41) is 0. The molecular weight excluding hydrogens is 376 g/mol. The molecule has 2 rings (SSSR count). The Morgan fingerprint density at radius 3 is 2.50 bits per heavy atom. The zero-order valence-corrected chi connectivity index (χ0v) is 16.0. The van der Waals surface area contributed by atoms with Crippen LogP contribution in [0.15, 0.2) is 24.3 Å². The number of unbranched alkanes of at least 4 members (excludes halogenated alkanes) is 1. The number of benzene rings is 1. The van der Waals surface area contributed by atoms with Crippen LogP contribution in [-0.2, 0) is 16.0 Å². The lowest BCUT2D eigenvalue weighted by atomic mass is 9.95. The molecule has 2 amide bonds. The van der Waals surface area contributed by atoms with Crippen LogP contribution in [0, 0.1) is 11.7 Å². The van der Waals surface area contributed by atoms with Crippen molar-refractivity contribution in [2.75, 3.05) is 26.2 Å². The Balaban J connectivity index is 2.00. The maximum atomic E-state index is 13.0. The van der Waals surface area contributed by atoms with E-state index in [-0.39, 0.29) is 25.4 Å². The molecule has 1 saturated heterocycles. The maximum absolute atomic E-state index is 13.0. The molecule has 0 saturated carbocycles. The van der Waals surface area contributed by atoms with Gasteiger partial charge in [0.1, 0.15) is 12.4 Å². The molecule has 8 heteroatoms. The first-order valence-electron chi connectivity index (χ1n) is 9.57. The molecule has 1 aliphatic heterocycles. The van der Waals surface area contributed by atoms with Gasteiger partial charge in [-0.05, 0) is 37.0 Å². The molecule has 0 aromatic heterocycles. The van der Waals surface area contributed by atoms with Gasteiger partial charge in [-0.1, -0.05) is 25.5 Å². The van der Waals surface area contributed by atoms with Gasteiger partial charge in [-0.2, -0.15) is 13.2 Å². The van der Waals surface area contributed by atoms with Crippen LogP contribution in [0.4, 0.5) is 17.6 Å². The summed E-state index contributed by atoms with van der Waals surface area (Å²) in [5.41, 5.74) is 0.654. The minimum Gasteiger partial charge on any atom is -0.342 e. The zero-order valence-electron chi connectivity index (χ0n) is 16.0. The average molecular weight is 402 g/mol. The number of carbonyl (C=O) groups is 2. The average Bonchev–Trinajstić information content (AvgIpc) is 2.65. The van der Waals surface area contributed by atoms with E-state index in [9.17, 15) is 27.2 Å². The summed E-state index contributed by atoms with van der Waals surface area (Å²) in [6.07, 6.45) is -2.14. The second kappa shape index (κ2) is 9.89. The van der Waals surface area contributed by atoms with Crippen molar-refractivity contribution in [2.45, 2.75) is 45.2 Å². The van der Waals surface area contributed by atoms with E-state index in [2.05, 4.69) is 0 Å². The molecule has 0 bridgehead atoms. The van der Waals surface area contributed by atoms with E-state index < -0.39 is 30.4 Å². The summed E-state index contributed by atoms with van der Waals surface area (Å²) in [7, 11) is 0. The maximum Gasteiger partial charge on any atom is 0.406 e. The van der Waals surface area contributed by atoms with Crippen LogP contribution >= 0.6 is 0 Å². The van der Waals surface area contributed by atoms with Crippen molar-refractivity contribution in [2.24, 2.45) is 5.92 Å². The SMILES string of the molecule is CCCCN(CC(F)(F)F)C(=O)C1CCCN(C(=O)Cc2ccc(F)cc2)C1. The van der Waals surface area contributed by atoms with Gasteiger partial charge in [0.2, 0.25) is 11.8 Å². The van der Waals surface area contributed by atoms with Crippen LogP contribution in [0.5, 0.6) is 0 Å². The number of hydrogen-bond acceptors (Lipinski definition) is 2. The molecule has 1 fully saturated rings. The lowest BCUT2D eigenvalue weighted by Gasteiger charge is -2.35. The number of nitrogens with zero attached hydrogens (tertiary/aromatic N) is 2. The second-order valence-electron chi connectivity index (χ2n) is 7.21. The van der Waals surface area contributed by atoms with Gasteiger partial charge in [-0.15, -0.1) is 0 Å². The Hall–Kier alpha value is -2.12. The number of hydrogen-bond donors (Lipinski definition) is 0. The molecule has 0 N–H and O–H groups in total. The van der Waals surface area contributed by atoms with Gasteiger partial charge in [0.15, 0.2) is 0 Å². The largest absolute Gasteiger partial charge is 0.406 e. The minimum atomic E-state index is -4.45. The first kappa shape index (κ1) is 22.2. The fourth-order valence-electron chi connectivity index (χ4n) is 3.38. The standard InChI is InChI=1S/C20H26F4N2O2/c1-2-3-10-26(14-20(22,23)24)19(28)16-5-4-11-25(13-16)18(27)12-15-6-8-17(21)9-7-15/h6-9,16H,2-5,10-14H2,1H3. The molecule has 0 spiro atoms. The highest BCUT2D eigenvalue weighted by molar-refractivity contribution is 5.82. The monoisotopic (exact) mass is 402 g/mol. The van der Waals surface area contributed by atoms with Crippen molar-refractivity contribution < 1.29 is 27.2 Å². The topological polar surface area (TPSA) is 40.6 Å². The highest BCUT2D eigenvalue weighted by Crippen LogP contribution is 2.23. The van der Waals surface area contributed by atoms with Gasteiger partial charge in [0, 0.05) is 19.6 Å². The first-order valence-corrected chi connectivity index (χ1v) is 9.57. The fourth-order valence-corrected chi connectivity index (χ4v) is 3.38. The molecule has 1 aromatic carbocycles. The first-order chi connectivity index (χ1) is 13.2. The number of alkyl halides is 3. The number of likely N-dealkylation sites (tertiary alicyclic amines) is 1. The van der Waals surface area contributed by atoms with E-state index in [1.165, 1.54) is 29.2 Å². The van der Waals surface area contributed by atoms with Crippen molar-refractivity contribution in [3.8, 4) is 0 Å². The quantitative estimate of drug-likeness (QED) is 0.651. The molecule has 156 valence electrons. The van der Waals surface area contributed by atoms with Gasteiger partial charge in [-0.3, -0.25) is 9.59 Å². The molecule has 1 unspecified atom stereocenters. The van der Waals surface area contributed by atoms with Gasteiger partial charge < -0.3 is 9.80 Å². The van der Waals surface area contributed by atoms with Gasteiger partial charge in [0.25, 0.3) is 0 Å². The zero-order chi connectivity index (χ0) is 20.7. The molecule has 28 heavy (non-hydrogen) atoms. The molecule has 1 aromatic rings. The molecule has 1 aliphatic rings. The molecule has 1 heterocycles. The third kappa shape index (κ3) is 6.80. The van der Waals surface area contributed by atoms with Crippen LogP contribution in [0.25, 0.3) is 0 Å². The Morgan fingerprint density at radius 1 is 1.21 bits per heavy atom. The fraction of sp³-hybridized carbons (Fsp3) is 0.600. The van der Waals surface area contributed by atoms with Gasteiger partial charge in [0.05, 0.1) is 12.3 Å². The van der Waals surface area contributed by atoms with Crippen LogP contribution < -0.4 is 0 Å². The molecule has 4 nitrogen and oxygen atoms in total. The van der Waals surface area contributed by atoms with Crippen molar-refractivity contribution >= 4 is 11.8 Å². The number of rotatable bonds is 7. The molecular formula is C20H26F4N2O2. The lowest BCUT2D eigenvalue weighted by Crippen LogP contribution is -2.49. The smallest absolute Gasteiger partial charge is 0.342 e.